The van der Waals surface area contributed by atoms with Crippen molar-refractivity contribution in [2.75, 3.05) is 11.5 Å². The average Bonchev–Trinajstić information content (AvgIpc) is 2.82. The van der Waals surface area contributed by atoms with Gasteiger partial charge in [-0.2, -0.15) is 0 Å². The van der Waals surface area contributed by atoms with Gasteiger partial charge in [-0.3, -0.25) is 0 Å². The molecule has 1 saturated carbocycles. The second-order valence-corrected chi connectivity index (χ2v) is 7.92. The van der Waals surface area contributed by atoms with Gasteiger partial charge in [-0.25, -0.2) is 18.0 Å². The first-order valence-electron chi connectivity index (χ1n) is 6.85. The summed E-state index contributed by atoms with van der Waals surface area (Å²) in [7, 11) is -2.97. The summed E-state index contributed by atoms with van der Waals surface area (Å²) >= 11 is 0. The summed E-state index contributed by atoms with van der Waals surface area (Å²) in [6.07, 6.45) is 3.22. The van der Waals surface area contributed by atoms with E-state index in [0.29, 0.717) is 25.7 Å². The van der Waals surface area contributed by atoms with E-state index in [4.69, 9.17) is 0 Å². The standard InChI is InChI=1S/C12H20N2O5S/c15-10(16)12(5-1-2-6-12)14-11(17)13-9-3-7-20(18,19)8-4-9/h9H,1-8H2,(H,15,16)(H2,13,14,17). The molecule has 0 spiro atoms. The molecule has 0 aromatic carbocycles. The maximum absolute atomic E-state index is 11.9. The minimum atomic E-state index is -2.97. The molecule has 2 amide bonds. The Labute approximate surface area is 118 Å². The van der Waals surface area contributed by atoms with Crippen LogP contribution in [0.1, 0.15) is 38.5 Å². The van der Waals surface area contributed by atoms with Gasteiger partial charge >= 0.3 is 12.0 Å². The van der Waals surface area contributed by atoms with E-state index in [9.17, 15) is 23.1 Å². The Hall–Kier alpha value is -1.31. The van der Waals surface area contributed by atoms with Crippen LogP contribution in [0.3, 0.4) is 0 Å². The van der Waals surface area contributed by atoms with Crippen LogP contribution in [0, 0.1) is 0 Å². The van der Waals surface area contributed by atoms with Gasteiger partial charge in [0.1, 0.15) is 15.4 Å². The number of aliphatic carboxylic acids is 1. The Balaban J connectivity index is 1.88. The van der Waals surface area contributed by atoms with Gasteiger partial charge in [0.25, 0.3) is 0 Å². The molecule has 0 unspecified atom stereocenters. The number of amides is 2. The van der Waals surface area contributed by atoms with Gasteiger partial charge in [0.05, 0.1) is 11.5 Å². The van der Waals surface area contributed by atoms with E-state index < -0.39 is 27.4 Å². The zero-order valence-corrected chi connectivity index (χ0v) is 12.0. The third-order valence-electron chi connectivity index (χ3n) is 4.11. The first-order valence-corrected chi connectivity index (χ1v) is 8.68. The molecule has 20 heavy (non-hydrogen) atoms. The lowest BCUT2D eigenvalue weighted by atomic mass is 9.98. The monoisotopic (exact) mass is 304 g/mol. The largest absolute Gasteiger partial charge is 0.480 e. The van der Waals surface area contributed by atoms with Gasteiger partial charge < -0.3 is 15.7 Å². The van der Waals surface area contributed by atoms with Gasteiger partial charge in [0.2, 0.25) is 0 Å². The maximum atomic E-state index is 11.9. The molecule has 0 atom stereocenters. The highest BCUT2D eigenvalue weighted by molar-refractivity contribution is 7.91. The molecule has 1 aliphatic heterocycles. The Morgan fingerprint density at radius 3 is 2.15 bits per heavy atom. The van der Waals surface area contributed by atoms with Crippen LogP contribution in [0.4, 0.5) is 4.79 Å². The van der Waals surface area contributed by atoms with Crippen LogP contribution in [-0.2, 0) is 14.6 Å². The minimum Gasteiger partial charge on any atom is -0.480 e. The summed E-state index contributed by atoms with van der Waals surface area (Å²) in [6, 6.07) is -0.718. The Morgan fingerprint density at radius 1 is 1.10 bits per heavy atom. The van der Waals surface area contributed by atoms with E-state index in [2.05, 4.69) is 10.6 Å². The number of hydrogen-bond acceptors (Lipinski definition) is 4. The van der Waals surface area contributed by atoms with E-state index in [1.807, 2.05) is 0 Å². The average molecular weight is 304 g/mol. The zero-order valence-electron chi connectivity index (χ0n) is 11.2. The van der Waals surface area contributed by atoms with Gasteiger partial charge in [-0.1, -0.05) is 12.8 Å². The Morgan fingerprint density at radius 2 is 1.65 bits per heavy atom. The SMILES string of the molecule is O=C(NC1CCS(=O)(=O)CC1)NC1(C(=O)O)CCCC1. The summed E-state index contributed by atoms with van der Waals surface area (Å²) in [4.78, 5) is 23.2. The number of sulfone groups is 1. The van der Waals surface area contributed by atoms with Gasteiger partial charge in [0, 0.05) is 6.04 Å². The molecule has 0 aromatic heterocycles. The van der Waals surface area contributed by atoms with Crippen LogP contribution in [0.25, 0.3) is 0 Å². The number of carboxylic acid groups (broad SMARTS) is 1. The molecule has 0 radical (unpaired) electrons. The topological polar surface area (TPSA) is 113 Å². The lowest BCUT2D eigenvalue weighted by Crippen LogP contribution is -2.57. The third-order valence-corrected chi connectivity index (χ3v) is 5.82. The molecule has 2 aliphatic rings. The third kappa shape index (κ3) is 3.41. The number of urea groups is 1. The second-order valence-electron chi connectivity index (χ2n) is 5.62. The van der Waals surface area contributed by atoms with Crippen molar-refractivity contribution < 1.29 is 23.1 Å². The van der Waals surface area contributed by atoms with Crippen LogP contribution in [0.2, 0.25) is 0 Å². The first kappa shape index (κ1) is 15.1. The van der Waals surface area contributed by atoms with Gasteiger partial charge in [0.15, 0.2) is 0 Å². The molecule has 0 aromatic rings. The van der Waals surface area contributed by atoms with Crippen molar-refractivity contribution in [1.82, 2.24) is 10.6 Å². The van der Waals surface area contributed by atoms with Crippen LogP contribution >= 0.6 is 0 Å². The molecular weight excluding hydrogens is 284 g/mol. The summed E-state index contributed by atoms with van der Waals surface area (Å²) in [5.41, 5.74) is -1.16. The van der Waals surface area contributed by atoms with Crippen molar-refractivity contribution in [1.29, 1.82) is 0 Å². The Bertz CT molecular complexity index is 482. The molecule has 114 valence electrons. The summed E-state index contributed by atoms with van der Waals surface area (Å²) in [5, 5.41) is 14.5. The number of nitrogens with one attached hydrogen (secondary N) is 2. The fourth-order valence-corrected chi connectivity index (χ4v) is 4.34. The molecular formula is C12H20N2O5S. The first-order chi connectivity index (χ1) is 9.33. The van der Waals surface area contributed by atoms with E-state index in [-0.39, 0.29) is 17.5 Å². The number of hydrogen-bond donors (Lipinski definition) is 3. The highest BCUT2D eigenvalue weighted by atomic mass is 32.2. The van der Waals surface area contributed by atoms with Crippen LogP contribution in [-0.4, -0.2) is 48.6 Å². The normalized spacial score (nSPS) is 25.0. The van der Waals surface area contributed by atoms with Crippen molar-refractivity contribution in [3.63, 3.8) is 0 Å². The van der Waals surface area contributed by atoms with Crippen molar-refractivity contribution in [2.45, 2.75) is 50.1 Å². The molecule has 0 bridgehead atoms. The Kier molecular flexibility index (Phi) is 4.22. The number of carboxylic acids is 1. The van der Waals surface area contributed by atoms with Crippen molar-refractivity contribution in [2.24, 2.45) is 0 Å². The van der Waals surface area contributed by atoms with Gasteiger partial charge in [-0.05, 0) is 25.7 Å². The minimum absolute atomic E-state index is 0.0714. The van der Waals surface area contributed by atoms with Crippen LogP contribution < -0.4 is 10.6 Å². The van der Waals surface area contributed by atoms with Crippen LogP contribution in [0.5, 0.6) is 0 Å². The number of carbonyl (C=O) groups is 2. The highest BCUT2D eigenvalue weighted by Crippen LogP contribution is 2.29. The molecule has 2 rings (SSSR count). The van der Waals surface area contributed by atoms with E-state index in [0.717, 1.165) is 12.8 Å². The second kappa shape index (κ2) is 5.59. The lowest BCUT2D eigenvalue weighted by Gasteiger charge is -2.28. The molecule has 3 N–H and O–H groups in total. The quantitative estimate of drug-likeness (QED) is 0.692. The molecule has 1 saturated heterocycles. The molecule has 2 fully saturated rings. The van der Waals surface area contributed by atoms with Gasteiger partial charge in [-0.15, -0.1) is 0 Å². The predicted molar refractivity (Wildman–Crippen MR) is 72.2 cm³/mol. The van der Waals surface area contributed by atoms with Crippen LogP contribution in [0.15, 0.2) is 0 Å². The van der Waals surface area contributed by atoms with Crippen molar-refractivity contribution in [3.05, 3.63) is 0 Å². The molecule has 8 heteroatoms. The number of rotatable bonds is 3. The summed E-state index contributed by atoms with van der Waals surface area (Å²) < 4.78 is 22.6. The highest BCUT2D eigenvalue weighted by Gasteiger charge is 2.43. The summed E-state index contributed by atoms with van der Waals surface area (Å²) in [5.74, 6) is -0.860. The molecule has 7 nitrogen and oxygen atoms in total. The number of carbonyl (C=O) groups excluding carboxylic acids is 1. The fourth-order valence-electron chi connectivity index (χ4n) is 2.84. The van der Waals surface area contributed by atoms with Crippen molar-refractivity contribution >= 4 is 21.8 Å². The smallest absolute Gasteiger partial charge is 0.329 e. The van der Waals surface area contributed by atoms with E-state index in [1.165, 1.54) is 0 Å². The predicted octanol–water partition coefficient (Wildman–Crippen LogP) is 0.260. The lowest BCUT2D eigenvalue weighted by molar-refractivity contribution is -0.144. The van der Waals surface area contributed by atoms with E-state index >= 15 is 0 Å². The van der Waals surface area contributed by atoms with Crippen molar-refractivity contribution in [3.8, 4) is 0 Å². The summed E-state index contributed by atoms with van der Waals surface area (Å²) in [6.45, 7) is 0. The maximum Gasteiger partial charge on any atom is 0.329 e. The molecule has 1 heterocycles. The van der Waals surface area contributed by atoms with E-state index in [1.54, 1.807) is 0 Å². The zero-order chi connectivity index (χ0) is 14.8. The molecule has 1 aliphatic carbocycles. The fraction of sp³-hybridized carbons (Fsp3) is 0.833.